The molecule has 2 nitrogen and oxygen atoms in total. The molecule has 0 aromatic rings. The van der Waals surface area contributed by atoms with Crippen molar-refractivity contribution in [2.75, 3.05) is 0 Å². The van der Waals surface area contributed by atoms with E-state index < -0.39 is 5.41 Å². The Kier molecular flexibility index (Phi) is 3.93. The summed E-state index contributed by atoms with van der Waals surface area (Å²) in [7, 11) is 0. The Hall–Kier alpha value is -0.660. The normalized spacial score (nSPS) is 10.8. The molecule has 2 heteroatoms. The van der Waals surface area contributed by atoms with Crippen molar-refractivity contribution in [3.8, 4) is 0 Å². The van der Waals surface area contributed by atoms with Gasteiger partial charge in [0.1, 0.15) is 12.6 Å². The first-order valence-electron chi connectivity index (χ1n) is 3.30. The van der Waals surface area contributed by atoms with Crippen molar-refractivity contribution >= 4 is 12.6 Å². The second-order valence-corrected chi connectivity index (χ2v) is 2.44. The highest BCUT2D eigenvalue weighted by Crippen LogP contribution is 2.12. The van der Waals surface area contributed by atoms with Crippen molar-refractivity contribution in [2.45, 2.75) is 27.7 Å². The lowest BCUT2D eigenvalue weighted by Gasteiger charge is -2.11. The summed E-state index contributed by atoms with van der Waals surface area (Å²) in [6.45, 7) is 7.27. The van der Waals surface area contributed by atoms with E-state index in [1.54, 1.807) is 13.8 Å². The Labute approximate surface area is 57.7 Å². The predicted octanol–water partition coefficient (Wildman–Crippen LogP) is 1.44. The summed E-state index contributed by atoms with van der Waals surface area (Å²) in [4.78, 5) is 18.6. The van der Waals surface area contributed by atoms with Crippen LogP contribution in [0, 0.1) is 5.41 Å². The molecule has 0 unspecified atom stereocenters. The van der Waals surface area contributed by atoms with Crippen molar-refractivity contribution in [1.29, 1.82) is 0 Å². The Morgan fingerprint density at radius 1 is 1.56 bits per heavy atom. The molecule has 0 aliphatic heterocycles. The van der Waals surface area contributed by atoms with Gasteiger partial charge in [-0.2, -0.15) is 0 Å². The molecule has 0 heterocycles. The van der Waals surface area contributed by atoms with Gasteiger partial charge in [0, 0.05) is 6.79 Å². The SMILES string of the molecule is C=O.[3H]CC(C)(C)C(C)=O. The average Bonchev–Trinajstić information content (AvgIpc) is 1.92. The highest BCUT2D eigenvalue weighted by Gasteiger charge is 2.14. The van der Waals surface area contributed by atoms with Crippen LogP contribution >= 0.6 is 0 Å². The van der Waals surface area contributed by atoms with Crippen LogP contribution in [0.2, 0.25) is 0 Å². The van der Waals surface area contributed by atoms with Gasteiger partial charge in [-0.3, -0.25) is 4.79 Å². The highest BCUT2D eigenvalue weighted by molar-refractivity contribution is 5.80. The molecule has 0 spiro atoms. The quantitative estimate of drug-likeness (QED) is 0.499. The van der Waals surface area contributed by atoms with Crippen LogP contribution in [0.1, 0.15) is 29.0 Å². The maximum atomic E-state index is 10.6. The van der Waals surface area contributed by atoms with Crippen LogP contribution in [-0.4, -0.2) is 12.6 Å². The van der Waals surface area contributed by atoms with Gasteiger partial charge in [0.05, 0.1) is 0 Å². The zero-order valence-electron chi connectivity index (χ0n) is 7.23. The molecule has 0 aromatic heterocycles. The first-order valence-corrected chi connectivity index (χ1v) is 2.60. The van der Waals surface area contributed by atoms with Crippen LogP contribution in [-0.2, 0) is 9.59 Å². The fourth-order valence-corrected chi connectivity index (χ4v) is 0. The average molecular weight is 132 g/mol. The summed E-state index contributed by atoms with van der Waals surface area (Å²) in [5, 5.41) is 0. The van der Waals surface area contributed by atoms with E-state index in [9.17, 15) is 4.79 Å². The Balaban J connectivity index is 0. The van der Waals surface area contributed by atoms with Gasteiger partial charge in [-0.05, 0) is 6.92 Å². The standard InChI is InChI=1S/C6H12O.CH2O/c1-5(7)6(2,3)4;1-2/h1-4H3;1H2/i2T;. The molecule has 0 saturated heterocycles. The molecule has 54 valence electrons. The largest absolute Gasteiger partial charge is 0.307 e. The van der Waals surface area contributed by atoms with Crippen LogP contribution in [0.3, 0.4) is 0 Å². The number of Topliss-reactive ketones (excluding diaryl/α,β-unsaturated/α-hetero) is 1. The first-order chi connectivity index (χ1) is 4.50. The number of ketones is 1. The van der Waals surface area contributed by atoms with Crippen LogP contribution < -0.4 is 0 Å². The number of rotatable bonds is 0. The lowest BCUT2D eigenvalue weighted by Crippen LogP contribution is -2.15. The predicted molar refractivity (Wildman–Crippen MR) is 37.3 cm³/mol. The molecular weight excluding hydrogens is 116 g/mol. The Morgan fingerprint density at radius 2 is 1.89 bits per heavy atom. The maximum absolute atomic E-state index is 10.6. The first kappa shape index (κ1) is 8.34. The molecule has 0 radical (unpaired) electrons. The van der Waals surface area contributed by atoms with E-state index in [2.05, 4.69) is 0 Å². The second kappa shape index (κ2) is 4.24. The molecule has 0 aromatic carbocycles. The molecule has 0 aliphatic carbocycles. The van der Waals surface area contributed by atoms with E-state index in [-0.39, 0.29) is 12.7 Å². The van der Waals surface area contributed by atoms with Gasteiger partial charge >= 0.3 is 0 Å². The van der Waals surface area contributed by atoms with Crippen molar-refractivity contribution in [3.63, 3.8) is 0 Å². The third kappa shape index (κ3) is 7.34. The number of carbonyl (C=O) groups excluding carboxylic acids is 2. The van der Waals surface area contributed by atoms with E-state index >= 15 is 0 Å². The third-order valence-corrected chi connectivity index (χ3v) is 0.953. The van der Waals surface area contributed by atoms with Gasteiger partial charge in [-0.15, -0.1) is 0 Å². The molecule has 0 aliphatic rings. The topological polar surface area (TPSA) is 34.1 Å². The van der Waals surface area contributed by atoms with Gasteiger partial charge in [0.25, 0.3) is 0 Å². The summed E-state index contributed by atoms with van der Waals surface area (Å²) in [6.07, 6.45) is 0. The molecule has 0 amide bonds. The summed E-state index contributed by atoms with van der Waals surface area (Å²) < 4.78 is 6.92. The molecule has 0 atom stereocenters. The van der Waals surface area contributed by atoms with E-state index in [4.69, 9.17) is 6.17 Å². The van der Waals surface area contributed by atoms with E-state index in [0.717, 1.165) is 0 Å². The molecule has 0 fully saturated rings. The van der Waals surface area contributed by atoms with Crippen LogP contribution in [0.15, 0.2) is 0 Å². The van der Waals surface area contributed by atoms with Crippen LogP contribution in [0.5, 0.6) is 0 Å². The molecule has 0 bridgehead atoms. The fourth-order valence-electron chi connectivity index (χ4n) is 0. The van der Waals surface area contributed by atoms with Gasteiger partial charge in [-0.1, -0.05) is 20.7 Å². The second-order valence-electron chi connectivity index (χ2n) is 2.44. The van der Waals surface area contributed by atoms with Crippen LogP contribution in [0.25, 0.3) is 0 Å². The Bertz CT molecular complexity index is 110. The summed E-state index contributed by atoms with van der Waals surface area (Å²) >= 11 is 0. The van der Waals surface area contributed by atoms with Crippen molar-refractivity contribution in [1.82, 2.24) is 0 Å². The minimum Gasteiger partial charge on any atom is -0.307 e. The number of hydrogen-bond acceptors (Lipinski definition) is 2. The lowest BCUT2D eigenvalue weighted by molar-refractivity contribution is -0.124. The minimum absolute atomic E-state index is 0.0903. The van der Waals surface area contributed by atoms with Gasteiger partial charge in [0.2, 0.25) is 0 Å². The maximum Gasteiger partial charge on any atom is 0.135 e. The van der Waals surface area contributed by atoms with Gasteiger partial charge in [0.15, 0.2) is 0 Å². The van der Waals surface area contributed by atoms with Crippen molar-refractivity contribution in [2.24, 2.45) is 5.41 Å². The highest BCUT2D eigenvalue weighted by atomic mass is 16.1. The molecule has 9 heavy (non-hydrogen) atoms. The van der Waals surface area contributed by atoms with Gasteiger partial charge < -0.3 is 4.79 Å². The smallest absolute Gasteiger partial charge is 0.135 e. The van der Waals surface area contributed by atoms with Gasteiger partial charge in [-0.25, -0.2) is 0 Å². The molecular formula is C7H14O2. The number of hydrogen-bond donors (Lipinski definition) is 0. The van der Waals surface area contributed by atoms with Crippen molar-refractivity contribution in [3.05, 3.63) is 0 Å². The molecule has 0 saturated carbocycles. The van der Waals surface area contributed by atoms with E-state index in [1.807, 2.05) is 6.79 Å². The fraction of sp³-hybridized carbons (Fsp3) is 0.714. The van der Waals surface area contributed by atoms with Crippen molar-refractivity contribution < 1.29 is 11.0 Å². The molecule has 0 rings (SSSR count). The Morgan fingerprint density at radius 3 is 1.89 bits per heavy atom. The van der Waals surface area contributed by atoms with Crippen LogP contribution in [0.4, 0.5) is 0 Å². The zero-order valence-corrected chi connectivity index (χ0v) is 6.23. The summed E-state index contributed by atoms with van der Waals surface area (Å²) in [6, 6.07) is 0. The minimum atomic E-state index is -0.431. The summed E-state index contributed by atoms with van der Waals surface area (Å²) in [5.74, 6) is 0.0903. The lowest BCUT2D eigenvalue weighted by atomic mass is 9.92. The molecule has 0 N–H and O–H groups in total. The number of carbonyl (C=O) groups is 2. The monoisotopic (exact) mass is 132 g/mol. The van der Waals surface area contributed by atoms with E-state index in [1.165, 1.54) is 6.92 Å². The third-order valence-electron chi connectivity index (χ3n) is 0.953. The van der Waals surface area contributed by atoms with E-state index in [0.29, 0.717) is 0 Å². The zero-order chi connectivity index (χ0) is 8.78. The summed E-state index contributed by atoms with van der Waals surface area (Å²) in [5.41, 5.74) is -0.431.